The fourth-order valence-electron chi connectivity index (χ4n) is 1.29. The molecule has 1 rings (SSSR count). The monoisotopic (exact) mass is 251 g/mol. The Hall–Kier alpha value is -0.700. The van der Waals surface area contributed by atoms with Crippen LogP contribution in [0.25, 0.3) is 0 Å². The third-order valence-electron chi connectivity index (χ3n) is 2.57. The summed E-state index contributed by atoms with van der Waals surface area (Å²) in [4.78, 5) is 15.0. The third-order valence-corrected chi connectivity index (χ3v) is 4.22. The van der Waals surface area contributed by atoms with Gasteiger partial charge in [-0.1, -0.05) is 0 Å². The molecule has 1 atom stereocenters. The van der Waals surface area contributed by atoms with Crippen molar-refractivity contribution in [2.75, 3.05) is 33.2 Å². The second-order valence-electron chi connectivity index (χ2n) is 3.91. The number of likely N-dealkylation sites (N-methyl/N-ethyl adjacent to an activating group) is 1. The molecular formula is C8H17N3O4S. The molecule has 0 radical (unpaired) electrons. The van der Waals surface area contributed by atoms with E-state index in [4.69, 9.17) is 5.11 Å². The van der Waals surface area contributed by atoms with Gasteiger partial charge in [0, 0.05) is 26.2 Å². The van der Waals surface area contributed by atoms with Crippen LogP contribution < -0.4 is 4.83 Å². The molecule has 0 bridgehead atoms. The Morgan fingerprint density at radius 3 is 2.25 bits per heavy atom. The molecule has 1 fully saturated rings. The molecule has 1 saturated heterocycles. The van der Waals surface area contributed by atoms with Gasteiger partial charge in [-0.25, -0.2) is 13.4 Å². The van der Waals surface area contributed by atoms with Crippen molar-refractivity contribution in [3.63, 3.8) is 0 Å². The second-order valence-corrected chi connectivity index (χ2v) is 5.89. The summed E-state index contributed by atoms with van der Waals surface area (Å²) in [6, 6.07) is 0. The van der Waals surface area contributed by atoms with E-state index in [1.807, 2.05) is 7.05 Å². The number of hydrogen-bond donors (Lipinski definition) is 2. The number of carboxylic acid groups (broad SMARTS) is 1. The minimum absolute atomic E-state index is 0.558. The van der Waals surface area contributed by atoms with E-state index in [1.165, 1.54) is 5.01 Å². The highest BCUT2D eigenvalue weighted by molar-refractivity contribution is 7.90. The predicted molar refractivity (Wildman–Crippen MR) is 58.2 cm³/mol. The van der Waals surface area contributed by atoms with E-state index >= 15 is 0 Å². The molecule has 0 aromatic heterocycles. The van der Waals surface area contributed by atoms with Crippen LogP contribution in [0.1, 0.15) is 6.92 Å². The van der Waals surface area contributed by atoms with Crippen molar-refractivity contribution in [2.45, 2.75) is 12.2 Å². The van der Waals surface area contributed by atoms with E-state index in [2.05, 4.69) is 9.73 Å². The Bertz CT molecular complexity index is 348. The summed E-state index contributed by atoms with van der Waals surface area (Å²) in [6.07, 6.45) is 0. The highest BCUT2D eigenvalue weighted by atomic mass is 32.2. The molecule has 1 unspecified atom stereocenters. The van der Waals surface area contributed by atoms with E-state index in [1.54, 1.807) is 0 Å². The van der Waals surface area contributed by atoms with Crippen molar-refractivity contribution >= 4 is 16.0 Å². The number of carbonyl (C=O) groups is 1. The number of rotatable bonds is 4. The Balaban J connectivity index is 2.56. The first-order chi connectivity index (χ1) is 7.33. The molecule has 0 aliphatic carbocycles. The number of carboxylic acids is 1. The van der Waals surface area contributed by atoms with Crippen molar-refractivity contribution in [1.29, 1.82) is 0 Å². The molecule has 7 nitrogen and oxygen atoms in total. The number of nitrogens with zero attached hydrogens (tertiary/aromatic N) is 2. The Kier molecular flexibility index (Phi) is 4.25. The molecule has 1 aliphatic heterocycles. The molecule has 0 aromatic rings. The molecule has 2 N–H and O–H groups in total. The summed E-state index contributed by atoms with van der Waals surface area (Å²) in [5.41, 5.74) is 0. The van der Waals surface area contributed by atoms with Crippen LogP contribution in [0.3, 0.4) is 0 Å². The summed E-state index contributed by atoms with van der Waals surface area (Å²) in [6.45, 7) is 3.78. The van der Waals surface area contributed by atoms with Gasteiger partial charge in [-0.05, 0) is 14.0 Å². The molecule has 0 saturated carbocycles. The fourth-order valence-corrected chi connectivity index (χ4v) is 2.26. The van der Waals surface area contributed by atoms with Crippen LogP contribution >= 0.6 is 0 Å². The smallest absolute Gasteiger partial charge is 0.323 e. The van der Waals surface area contributed by atoms with E-state index in [0.29, 0.717) is 13.1 Å². The highest BCUT2D eigenvalue weighted by Crippen LogP contribution is 2.02. The molecule has 0 aromatic carbocycles. The van der Waals surface area contributed by atoms with Crippen molar-refractivity contribution in [3.8, 4) is 0 Å². The molecule has 1 aliphatic rings. The van der Waals surface area contributed by atoms with Gasteiger partial charge < -0.3 is 10.0 Å². The van der Waals surface area contributed by atoms with E-state index in [9.17, 15) is 13.2 Å². The Morgan fingerprint density at radius 2 is 1.81 bits per heavy atom. The number of hydrogen-bond acceptors (Lipinski definition) is 5. The van der Waals surface area contributed by atoms with Gasteiger partial charge in [-0.15, -0.1) is 4.83 Å². The van der Waals surface area contributed by atoms with Crippen LogP contribution in [0.5, 0.6) is 0 Å². The summed E-state index contributed by atoms with van der Waals surface area (Å²) in [7, 11) is -1.87. The average molecular weight is 251 g/mol. The van der Waals surface area contributed by atoms with Gasteiger partial charge in [0.25, 0.3) is 0 Å². The average Bonchev–Trinajstić information content (AvgIpc) is 2.20. The van der Waals surface area contributed by atoms with Gasteiger partial charge in [0.2, 0.25) is 10.0 Å². The maximum absolute atomic E-state index is 11.6. The maximum Gasteiger partial charge on any atom is 0.323 e. The first-order valence-electron chi connectivity index (χ1n) is 5.00. The molecule has 1 heterocycles. The quantitative estimate of drug-likeness (QED) is 0.635. The molecule has 94 valence electrons. The van der Waals surface area contributed by atoms with Crippen LogP contribution in [0.2, 0.25) is 0 Å². The first-order valence-corrected chi connectivity index (χ1v) is 6.55. The van der Waals surface area contributed by atoms with Gasteiger partial charge >= 0.3 is 5.97 Å². The zero-order chi connectivity index (χ0) is 12.3. The lowest BCUT2D eigenvalue weighted by atomic mass is 10.4. The number of hydrazine groups is 1. The van der Waals surface area contributed by atoms with Crippen LogP contribution in [0.15, 0.2) is 0 Å². The van der Waals surface area contributed by atoms with Crippen molar-refractivity contribution < 1.29 is 18.3 Å². The normalized spacial score (nSPS) is 21.9. The first kappa shape index (κ1) is 13.4. The Labute approximate surface area is 95.0 Å². The second kappa shape index (κ2) is 5.09. The lowest BCUT2D eigenvalue weighted by Gasteiger charge is -2.32. The van der Waals surface area contributed by atoms with Crippen LogP contribution in [0, 0.1) is 0 Å². The summed E-state index contributed by atoms with van der Waals surface area (Å²) < 4.78 is 23.1. The van der Waals surface area contributed by atoms with Crippen molar-refractivity contribution in [1.82, 2.24) is 14.7 Å². The summed E-state index contributed by atoms with van der Waals surface area (Å²) in [5, 5.41) is 8.74. The molecule has 8 heteroatoms. The molecule has 0 spiro atoms. The van der Waals surface area contributed by atoms with Gasteiger partial charge in [-0.2, -0.15) is 0 Å². The number of aliphatic carboxylic acids is 1. The minimum Gasteiger partial charge on any atom is -0.480 e. The molecule has 16 heavy (non-hydrogen) atoms. The largest absolute Gasteiger partial charge is 0.480 e. The number of nitrogens with one attached hydrogen (secondary N) is 1. The van der Waals surface area contributed by atoms with E-state index in [0.717, 1.165) is 20.0 Å². The van der Waals surface area contributed by atoms with E-state index in [-0.39, 0.29) is 0 Å². The Morgan fingerprint density at radius 1 is 1.31 bits per heavy atom. The van der Waals surface area contributed by atoms with E-state index < -0.39 is 21.2 Å². The van der Waals surface area contributed by atoms with Crippen molar-refractivity contribution in [3.05, 3.63) is 0 Å². The van der Waals surface area contributed by atoms with Gasteiger partial charge in [-0.3, -0.25) is 4.79 Å². The lowest BCUT2D eigenvalue weighted by molar-refractivity contribution is -0.136. The minimum atomic E-state index is -3.82. The van der Waals surface area contributed by atoms with Crippen LogP contribution in [-0.4, -0.2) is 67.9 Å². The predicted octanol–water partition coefficient (Wildman–Crippen LogP) is -1.46. The van der Waals surface area contributed by atoms with Crippen LogP contribution in [-0.2, 0) is 14.8 Å². The third kappa shape index (κ3) is 3.41. The number of piperazine rings is 1. The maximum atomic E-state index is 11.6. The number of sulfonamides is 1. The SMILES string of the molecule is CC(C(=O)O)S(=O)(=O)NN1CCN(C)CC1. The standard InChI is InChI=1S/C8H17N3O4S/c1-7(8(12)13)16(14,15)9-11-5-3-10(2)4-6-11/h7,9H,3-6H2,1-2H3,(H,12,13). The van der Waals surface area contributed by atoms with Gasteiger partial charge in [0.1, 0.15) is 0 Å². The zero-order valence-electron chi connectivity index (χ0n) is 9.38. The van der Waals surface area contributed by atoms with Gasteiger partial charge in [0.15, 0.2) is 5.25 Å². The summed E-state index contributed by atoms with van der Waals surface area (Å²) in [5.74, 6) is -1.35. The van der Waals surface area contributed by atoms with Crippen LogP contribution in [0.4, 0.5) is 0 Å². The van der Waals surface area contributed by atoms with Gasteiger partial charge in [0.05, 0.1) is 0 Å². The topological polar surface area (TPSA) is 89.9 Å². The molecular weight excluding hydrogens is 234 g/mol. The fraction of sp³-hybridized carbons (Fsp3) is 0.875. The highest BCUT2D eigenvalue weighted by Gasteiger charge is 2.30. The molecule has 0 amide bonds. The van der Waals surface area contributed by atoms with Crippen molar-refractivity contribution in [2.24, 2.45) is 0 Å². The zero-order valence-corrected chi connectivity index (χ0v) is 10.2. The lowest BCUT2D eigenvalue weighted by Crippen LogP contribution is -2.54. The summed E-state index contributed by atoms with van der Waals surface area (Å²) >= 11 is 0.